The molecule has 2 aliphatic rings. The third-order valence-corrected chi connectivity index (χ3v) is 4.18. The second-order valence-corrected chi connectivity index (χ2v) is 6.02. The van der Waals surface area contributed by atoms with E-state index >= 15 is 0 Å². The number of fused-ring (bicyclic) bond motifs is 1. The van der Waals surface area contributed by atoms with E-state index in [1.165, 1.54) is 0 Å². The highest BCUT2D eigenvalue weighted by Crippen LogP contribution is 2.37. The Balaban J connectivity index is 1.85. The van der Waals surface area contributed by atoms with Crippen LogP contribution in [0.4, 0.5) is 5.82 Å². The number of azo groups is 1. The molecule has 1 aromatic heterocycles. The lowest BCUT2D eigenvalue weighted by Gasteiger charge is -2.33. The fourth-order valence-corrected chi connectivity index (χ4v) is 2.88. The van der Waals surface area contributed by atoms with E-state index in [9.17, 15) is 9.90 Å². The molecule has 0 amide bonds. The van der Waals surface area contributed by atoms with Crippen molar-refractivity contribution in [2.45, 2.75) is 31.8 Å². The number of ether oxygens (including phenoxy) is 1. The molecular weight excluding hydrogens is 338 g/mol. The molecular formula is C14H14BrN3O3. The number of carbonyl (C=O) groups excluding carboxylic acids is 1. The van der Waals surface area contributed by atoms with Gasteiger partial charge in [-0.05, 0) is 47.3 Å². The van der Waals surface area contributed by atoms with Gasteiger partial charge in [0.1, 0.15) is 11.9 Å². The minimum absolute atomic E-state index is 0.00295. The first-order valence-electron chi connectivity index (χ1n) is 6.82. The molecule has 1 aliphatic heterocycles. The van der Waals surface area contributed by atoms with Crippen LogP contribution in [0.15, 0.2) is 44.5 Å². The van der Waals surface area contributed by atoms with E-state index in [0.717, 1.165) is 30.2 Å². The Bertz CT molecular complexity index is 612. The van der Waals surface area contributed by atoms with Crippen LogP contribution in [0.5, 0.6) is 0 Å². The zero-order valence-corrected chi connectivity index (χ0v) is 12.8. The van der Waals surface area contributed by atoms with Crippen LogP contribution in [0.1, 0.15) is 25.7 Å². The van der Waals surface area contributed by atoms with Gasteiger partial charge in [-0.1, -0.05) is 6.42 Å². The highest BCUT2D eigenvalue weighted by molar-refractivity contribution is 9.10. The number of carbonyl (C=O) groups is 1. The van der Waals surface area contributed by atoms with Gasteiger partial charge in [0, 0.05) is 10.7 Å². The summed E-state index contributed by atoms with van der Waals surface area (Å²) in [6.45, 7) is 0. The molecule has 1 fully saturated rings. The molecule has 1 saturated carbocycles. The van der Waals surface area contributed by atoms with Crippen molar-refractivity contribution in [3.63, 3.8) is 0 Å². The number of halogens is 1. The quantitative estimate of drug-likeness (QED) is 0.648. The van der Waals surface area contributed by atoms with Gasteiger partial charge in [-0.3, -0.25) is 0 Å². The Hall–Kier alpha value is -1.76. The average molecular weight is 352 g/mol. The second-order valence-electron chi connectivity index (χ2n) is 5.10. The number of rotatable bonds is 2. The molecule has 1 aliphatic carbocycles. The molecule has 0 saturated heterocycles. The second kappa shape index (κ2) is 5.93. The van der Waals surface area contributed by atoms with Crippen molar-refractivity contribution >= 4 is 27.7 Å². The molecule has 2 heterocycles. The van der Waals surface area contributed by atoms with Crippen LogP contribution in [0.3, 0.4) is 0 Å². The normalized spacial score (nSPS) is 25.9. The van der Waals surface area contributed by atoms with Gasteiger partial charge in [0.15, 0.2) is 5.82 Å². The molecule has 0 radical (unpaired) electrons. The van der Waals surface area contributed by atoms with Crippen LogP contribution in [-0.4, -0.2) is 22.2 Å². The standard InChI is InChI=1S/C14H14BrN3O3/c15-8-5-6-11(16-7-8)17-18-12-13(19)9-3-1-2-4-10(9)21-14(12)20/h5-7,9-10,19H,1-4H2. The Morgan fingerprint density at radius 2 is 2.10 bits per heavy atom. The molecule has 7 heteroatoms. The highest BCUT2D eigenvalue weighted by atomic mass is 79.9. The van der Waals surface area contributed by atoms with E-state index in [-0.39, 0.29) is 23.5 Å². The molecule has 1 aromatic rings. The van der Waals surface area contributed by atoms with E-state index in [2.05, 4.69) is 31.1 Å². The molecule has 6 nitrogen and oxygen atoms in total. The largest absolute Gasteiger partial charge is 0.509 e. The lowest BCUT2D eigenvalue weighted by atomic mass is 9.83. The molecule has 1 N–H and O–H groups in total. The van der Waals surface area contributed by atoms with E-state index in [1.807, 2.05) is 0 Å². The van der Waals surface area contributed by atoms with Crippen molar-refractivity contribution in [3.8, 4) is 0 Å². The van der Waals surface area contributed by atoms with Crippen molar-refractivity contribution in [1.82, 2.24) is 4.98 Å². The first-order valence-corrected chi connectivity index (χ1v) is 7.62. The van der Waals surface area contributed by atoms with Gasteiger partial charge in [-0.15, -0.1) is 10.2 Å². The van der Waals surface area contributed by atoms with Crippen molar-refractivity contribution in [3.05, 3.63) is 34.3 Å². The van der Waals surface area contributed by atoms with Gasteiger partial charge in [0.05, 0.1) is 5.92 Å². The van der Waals surface area contributed by atoms with Gasteiger partial charge in [0.25, 0.3) is 0 Å². The summed E-state index contributed by atoms with van der Waals surface area (Å²) in [7, 11) is 0. The summed E-state index contributed by atoms with van der Waals surface area (Å²) in [6.07, 6.45) is 4.98. The predicted octanol–water partition coefficient (Wildman–Crippen LogP) is 3.81. The van der Waals surface area contributed by atoms with Crippen molar-refractivity contribution in [1.29, 1.82) is 0 Å². The number of nitrogens with zero attached hydrogens (tertiary/aromatic N) is 3. The van der Waals surface area contributed by atoms with E-state index in [0.29, 0.717) is 5.82 Å². The Morgan fingerprint density at radius 1 is 1.29 bits per heavy atom. The summed E-state index contributed by atoms with van der Waals surface area (Å²) in [5.41, 5.74) is -0.108. The number of aliphatic hydroxyl groups excluding tert-OH is 1. The Morgan fingerprint density at radius 3 is 2.86 bits per heavy atom. The molecule has 110 valence electrons. The molecule has 3 rings (SSSR count). The lowest BCUT2D eigenvalue weighted by molar-refractivity contribution is -0.152. The summed E-state index contributed by atoms with van der Waals surface area (Å²) >= 11 is 3.27. The molecule has 2 atom stereocenters. The number of hydrogen-bond acceptors (Lipinski definition) is 6. The van der Waals surface area contributed by atoms with E-state index < -0.39 is 5.97 Å². The van der Waals surface area contributed by atoms with Gasteiger partial charge in [-0.25, -0.2) is 9.78 Å². The van der Waals surface area contributed by atoms with Crippen LogP contribution >= 0.6 is 15.9 Å². The third kappa shape index (κ3) is 2.97. The Kier molecular flexibility index (Phi) is 4.01. The van der Waals surface area contributed by atoms with E-state index in [1.54, 1.807) is 18.3 Å². The van der Waals surface area contributed by atoms with Crippen LogP contribution in [0, 0.1) is 5.92 Å². The topological polar surface area (TPSA) is 84.1 Å². The van der Waals surface area contributed by atoms with Crippen LogP contribution in [0.25, 0.3) is 0 Å². The summed E-state index contributed by atoms with van der Waals surface area (Å²) in [6, 6.07) is 3.43. The fraction of sp³-hybridized carbons (Fsp3) is 0.429. The summed E-state index contributed by atoms with van der Waals surface area (Å²) < 4.78 is 6.17. The van der Waals surface area contributed by atoms with Crippen LogP contribution in [0.2, 0.25) is 0 Å². The minimum Gasteiger partial charge on any atom is -0.509 e. The van der Waals surface area contributed by atoms with Crippen molar-refractivity contribution in [2.24, 2.45) is 16.1 Å². The highest BCUT2D eigenvalue weighted by Gasteiger charge is 2.39. The monoisotopic (exact) mass is 351 g/mol. The predicted molar refractivity (Wildman–Crippen MR) is 77.9 cm³/mol. The number of esters is 1. The summed E-state index contributed by atoms with van der Waals surface area (Å²) in [4.78, 5) is 15.9. The SMILES string of the molecule is O=C1OC2CCCCC2C(O)=C1N=Nc1ccc(Br)cn1. The third-order valence-electron chi connectivity index (χ3n) is 3.71. The maximum absolute atomic E-state index is 11.9. The van der Waals surface area contributed by atoms with Crippen molar-refractivity contribution < 1.29 is 14.6 Å². The van der Waals surface area contributed by atoms with Crippen molar-refractivity contribution in [2.75, 3.05) is 0 Å². The first-order chi connectivity index (χ1) is 10.1. The van der Waals surface area contributed by atoms with Crippen LogP contribution in [-0.2, 0) is 9.53 Å². The molecule has 0 aromatic carbocycles. The zero-order valence-electron chi connectivity index (χ0n) is 11.2. The first kappa shape index (κ1) is 14.2. The van der Waals surface area contributed by atoms with Gasteiger partial charge < -0.3 is 9.84 Å². The average Bonchev–Trinajstić information content (AvgIpc) is 2.49. The maximum atomic E-state index is 11.9. The molecule has 2 unspecified atom stereocenters. The maximum Gasteiger partial charge on any atom is 0.362 e. The zero-order chi connectivity index (χ0) is 14.8. The number of aromatic nitrogens is 1. The van der Waals surface area contributed by atoms with Crippen LogP contribution < -0.4 is 0 Å². The van der Waals surface area contributed by atoms with Gasteiger partial charge in [0.2, 0.25) is 5.70 Å². The lowest BCUT2D eigenvalue weighted by Crippen LogP contribution is -2.36. The van der Waals surface area contributed by atoms with E-state index in [4.69, 9.17) is 4.74 Å². The number of hydrogen-bond donors (Lipinski definition) is 1. The minimum atomic E-state index is -0.614. The fourth-order valence-electron chi connectivity index (χ4n) is 2.64. The van der Waals surface area contributed by atoms with Gasteiger partial charge >= 0.3 is 5.97 Å². The summed E-state index contributed by atoms with van der Waals surface area (Å²) in [5.74, 6) is -0.409. The number of pyridine rings is 1. The molecule has 0 bridgehead atoms. The van der Waals surface area contributed by atoms with Gasteiger partial charge in [-0.2, -0.15) is 0 Å². The Labute approximate surface area is 130 Å². The molecule has 21 heavy (non-hydrogen) atoms. The molecule has 0 spiro atoms. The number of aliphatic hydroxyl groups is 1. The summed E-state index contributed by atoms with van der Waals surface area (Å²) in [5, 5.41) is 18.0. The smallest absolute Gasteiger partial charge is 0.362 e.